The number of aromatic carboxylic acids is 1. The van der Waals surface area contributed by atoms with Gasteiger partial charge in [-0.05, 0) is 24.5 Å². The molecule has 2 N–H and O–H groups in total. The average Bonchev–Trinajstić information content (AvgIpc) is 2.37. The Kier molecular flexibility index (Phi) is 5.72. The third-order valence-corrected chi connectivity index (χ3v) is 4.78. The molecule has 0 heterocycles. The Morgan fingerprint density at radius 2 is 2.00 bits per heavy atom. The van der Waals surface area contributed by atoms with Crippen molar-refractivity contribution >= 4 is 27.6 Å². The van der Waals surface area contributed by atoms with Crippen molar-refractivity contribution in [2.45, 2.75) is 38.1 Å². The van der Waals surface area contributed by atoms with Crippen LogP contribution < -0.4 is 4.72 Å². The van der Waals surface area contributed by atoms with E-state index in [4.69, 9.17) is 16.7 Å². The summed E-state index contributed by atoms with van der Waals surface area (Å²) in [6.07, 6.45) is 0.519. The van der Waals surface area contributed by atoms with Crippen LogP contribution in [0, 0.1) is 11.7 Å². The fourth-order valence-electron chi connectivity index (χ4n) is 1.87. The topological polar surface area (TPSA) is 83.5 Å². The van der Waals surface area contributed by atoms with E-state index < -0.39 is 32.3 Å². The van der Waals surface area contributed by atoms with Gasteiger partial charge in [-0.1, -0.05) is 32.4 Å². The first-order valence-electron chi connectivity index (χ1n) is 6.34. The fraction of sp³-hybridized carbons (Fsp3) is 0.462. The molecule has 8 heteroatoms. The Labute approximate surface area is 128 Å². The van der Waals surface area contributed by atoms with E-state index in [1.54, 1.807) is 6.92 Å². The number of carboxylic acid groups (broad SMARTS) is 1. The van der Waals surface area contributed by atoms with E-state index in [0.29, 0.717) is 6.42 Å². The van der Waals surface area contributed by atoms with Crippen molar-refractivity contribution in [3.05, 3.63) is 28.5 Å². The van der Waals surface area contributed by atoms with Gasteiger partial charge in [0.15, 0.2) is 5.82 Å². The lowest BCUT2D eigenvalue weighted by molar-refractivity contribution is 0.0691. The monoisotopic (exact) mass is 337 g/mol. The SMILES string of the molecule is CCC(NS(=O)(=O)c1cc(Cl)cc(C(=O)O)c1F)C(C)C. The minimum absolute atomic E-state index is 0.00552. The van der Waals surface area contributed by atoms with Gasteiger partial charge in [-0.2, -0.15) is 0 Å². The molecule has 0 saturated carbocycles. The van der Waals surface area contributed by atoms with Crippen LogP contribution in [0.1, 0.15) is 37.6 Å². The van der Waals surface area contributed by atoms with Gasteiger partial charge in [0, 0.05) is 11.1 Å². The number of benzene rings is 1. The lowest BCUT2D eigenvalue weighted by atomic mass is 10.0. The maximum absolute atomic E-state index is 14.1. The molecule has 1 rings (SSSR count). The first-order chi connectivity index (χ1) is 9.60. The summed E-state index contributed by atoms with van der Waals surface area (Å²) in [6, 6.07) is 1.39. The van der Waals surface area contributed by atoms with Crippen molar-refractivity contribution in [2.24, 2.45) is 5.92 Å². The lowest BCUT2D eigenvalue weighted by Gasteiger charge is -2.21. The van der Waals surface area contributed by atoms with Crippen LogP contribution in [-0.2, 0) is 10.0 Å². The lowest BCUT2D eigenvalue weighted by Crippen LogP contribution is -2.38. The van der Waals surface area contributed by atoms with Gasteiger partial charge >= 0.3 is 5.97 Å². The highest BCUT2D eigenvalue weighted by molar-refractivity contribution is 7.89. The van der Waals surface area contributed by atoms with Gasteiger partial charge in [0.25, 0.3) is 0 Å². The van der Waals surface area contributed by atoms with Crippen LogP contribution in [0.2, 0.25) is 5.02 Å². The molecule has 0 radical (unpaired) electrons. The molecule has 1 aromatic carbocycles. The summed E-state index contributed by atoms with van der Waals surface area (Å²) in [6.45, 7) is 5.45. The van der Waals surface area contributed by atoms with Gasteiger partial charge in [0.2, 0.25) is 10.0 Å². The Balaban J connectivity index is 3.35. The predicted octanol–water partition coefficient (Wildman–Crippen LogP) is 2.89. The summed E-state index contributed by atoms with van der Waals surface area (Å²) in [5.74, 6) is -2.90. The minimum Gasteiger partial charge on any atom is -0.478 e. The van der Waals surface area contributed by atoms with Crippen molar-refractivity contribution in [1.29, 1.82) is 0 Å². The van der Waals surface area contributed by atoms with Crippen LogP contribution in [0.4, 0.5) is 4.39 Å². The standard InChI is InChI=1S/C13H17ClFNO4S/c1-4-10(7(2)3)16-21(19,20)11-6-8(14)5-9(12(11)15)13(17)18/h5-7,10,16H,4H2,1-3H3,(H,17,18). The zero-order chi connectivity index (χ0) is 16.4. The van der Waals surface area contributed by atoms with Crippen LogP contribution in [0.5, 0.6) is 0 Å². The van der Waals surface area contributed by atoms with Gasteiger partial charge in [-0.15, -0.1) is 0 Å². The molecular formula is C13H17ClFNO4S. The fourth-order valence-corrected chi connectivity index (χ4v) is 3.74. The summed E-state index contributed by atoms with van der Waals surface area (Å²) in [5.41, 5.74) is -0.777. The van der Waals surface area contributed by atoms with Crippen molar-refractivity contribution in [1.82, 2.24) is 4.72 Å². The largest absolute Gasteiger partial charge is 0.478 e. The van der Waals surface area contributed by atoms with Crippen LogP contribution in [-0.4, -0.2) is 25.5 Å². The van der Waals surface area contributed by atoms with Gasteiger partial charge in [-0.3, -0.25) is 0 Å². The van der Waals surface area contributed by atoms with Crippen molar-refractivity contribution < 1.29 is 22.7 Å². The van der Waals surface area contributed by atoms with E-state index >= 15 is 0 Å². The van der Waals surface area contributed by atoms with E-state index in [9.17, 15) is 17.6 Å². The number of sulfonamides is 1. The number of carboxylic acids is 1. The molecule has 1 atom stereocenters. The maximum atomic E-state index is 14.1. The molecule has 0 aliphatic carbocycles. The van der Waals surface area contributed by atoms with E-state index in [0.717, 1.165) is 12.1 Å². The molecule has 0 aliphatic heterocycles. The smallest absolute Gasteiger partial charge is 0.338 e. The molecule has 0 spiro atoms. The summed E-state index contributed by atoms with van der Waals surface area (Å²) < 4.78 is 41.0. The molecule has 0 aromatic heterocycles. The number of rotatable bonds is 6. The van der Waals surface area contributed by atoms with Gasteiger partial charge in [0.1, 0.15) is 4.90 Å². The number of hydrogen-bond donors (Lipinski definition) is 2. The normalized spacial score (nSPS) is 13.4. The third kappa shape index (κ3) is 4.15. The quantitative estimate of drug-likeness (QED) is 0.836. The van der Waals surface area contributed by atoms with Crippen LogP contribution in [0.3, 0.4) is 0 Å². The minimum atomic E-state index is -4.20. The Hall–Kier alpha value is -1.18. The van der Waals surface area contributed by atoms with Gasteiger partial charge < -0.3 is 5.11 Å². The molecule has 118 valence electrons. The molecule has 0 saturated heterocycles. The third-order valence-electron chi connectivity index (χ3n) is 3.08. The van der Waals surface area contributed by atoms with E-state index in [1.165, 1.54) is 0 Å². The van der Waals surface area contributed by atoms with Gasteiger partial charge in [-0.25, -0.2) is 22.3 Å². The highest BCUT2D eigenvalue weighted by atomic mass is 35.5. The first kappa shape index (κ1) is 17.9. The van der Waals surface area contributed by atoms with E-state index in [1.807, 2.05) is 13.8 Å². The second-order valence-electron chi connectivity index (χ2n) is 4.95. The summed E-state index contributed by atoms with van der Waals surface area (Å²) in [5, 5.41) is 8.72. The highest BCUT2D eigenvalue weighted by Gasteiger charge is 2.27. The maximum Gasteiger partial charge on any atom is 0.338 e. The van der Waals surface area contributed by atoms with Crippen LogP contribution >= 0.6 is 11.6 Å². The Morgan fingerprint density at radius 3 is 2.43 bits per heavy atom. The molecular weight excluding hydrogens is 321 g/mol. The number of nitrogens with one attached hydrogen (secondary N) is 1. The predicted molar refractivity (Wildman–Crippen MR) is 77.6 cm³/mol. The molecule has 0 bridgehead atoms. The number of hydrogen-bond acceptors (Lipinski definition) is 3. The molecule has 5 nitrogen and oxygen atoms in total. The van der Waals surface area contributed by atoms with Crippen molar-refractivity contribution in [2.75, 3.05) is 0 Å². The summed E-state index contributed by atoms with van der Waals surface area (Å²) in [7, 11) is -4.20. The van der Waals surface area contributed by atoms with Crippen LogP contribution in [0.25, 0.3) is 0 Å². The average molecular weight is 338 g/mol. The second-order valence-corrected chi connectivity index (χ2v) is 7.07. The molecule has 21 heavy (non-hydrogen) atoms. The van der Waals surface area contributed by atoms with Crippen molar-refractivity contribution in [3.8, 4) is 0 Å². The Bertz CT molecular complexity index is 646. The molecule has 1 unspecified atom stereocenters. The zero-order valence-electron chi connectivity index (χ0n) is 11.9. The first-order valence-corrected chi connectivity index (χ1v) is 8.21. The molecule has 0 amide bonds. The molecule has 0 aliphatic rings. The molecule has 0 fully saturated rings. The van der Waals surface area contributed by atoms with Crippen molar-refractivity contribution in [3.63, 3.8) is 0 Å². The second kappa shape index (κ2) is 6.72. The summed E-state index contributed by atoms with van der Waals surface area (Å²) >= 11 is 5.68. The van der Waals surface area contributed by atoms with E-state index in [-0.39, 0.29) is 17.0 Å². The number of halogens is 2. The zero-order valence-corrected chi connectivity index (χ0v) is 13.4. The van der Waals surface area contributed by atoms with E-state index in [2.05, 4.69) is 4.72 Å². The summed E-state index contributed by atoms with van der Waals surface area (Å²) in [4.78, 5) is 10.2. The highest BCUT2D eigenvalue weighted by Crippen LogP contribution is 2.24. The van der Waals surface area contributed by atoms with Crippen LogP contribution in [0.15, 0.2) is 17.0 Å². The molecule has 1 aromatic rings. The van der Waals surface area contributed by atoms with Gasteiger partial charge in [0.05, 0.1) is 5.56 Å². The Morgan fingerprint density at radius 1 is 1.43 bits per heavy atom. The number of carbonyl (C=O) groups is 1.